The van der Waals surface area contributed by atoms with Gasteiger partial charge in [0.2, 0.25) is 5.43 Å². The number of hydrogen-bond acceptors (Lipinski definition) is 3. The van der Waals surface area contributed by atoms with Gasteiger partial charge < -0.3 is 9.72 Å². The fraction of sp³-hybridized carbons (Fsp3) is 0.214. The van der Waals surface area contributed by atoms with Crippen LogP contribution in [-0.2, 0) is 12.4 Å². The summed E-state index contributed by atoms with van der Waals surface area (Å²) in [6.45, 7) is 0.409. The molecule has 0 bridgehead atoms. The summed E-state index contributed by atoms with van der Waals surface area (Å²) in [5.41, 5.74) is 1.89. The van der Waals surface area contributed by atoms with Crippen molar-refractivity contribution in [3.8, 4) is 5.75 Å². The van der Waals surface area contributed by atoms with Crippen molar-refractivity contribution in [2.24, 2.45) is 0 Å². The van der Waals surface area contributed by atoms with Crippen molar-refractivity contribution in [1.82, 2.24) is 4.98 Å². The monoisotopic (exact) mass is 261 g/mol. The Hall–Kier alpha value is -1.68. The van der Waals surface area contributed by atoms with Gasteiger partial charge in [0.1, 0.15) is 6.61 Å². The van der Waals surface area contributed by atoms with Crippen molar-refractivity contribution in [1.29, 1.82) is 0 Å². The molecule has 2 aromatic rings. The Morgan fingerprint density at radius 1 is 1.28 bits per heavy atom. The van der Waals surface area contributed by atoms with Gasteiger partial charge in [0, 0.05) is 23.7 Å². The molecule has 0 aliphatic rings. The van der Waals surface area contributed by atoms with Crippen molar-refractivity contribution in [3.05, 3.63) is 64.1 Å². The molecule has 0 aliphatic carbocycles. The standard InChI is InChI=1S/C14H15NO2S/c1-18-10-12-7-13(16)14(8-15-12)17-9-11-5-3-2-4-6-11/h2-8H,9-10H2,1H3,(H,15,16). The molecule has 1 aromatic carbocycles. The lowest BCUT2D eigenvalue weighted by Gasteiger charge is -2.06. The lowest BCUT2D eigenvalue weighted by atomic mass is 10.2. The number of H-pyrrole nitrogens is 1. The number of ether oxygens (including phenoxy) is 1. The number of pyridine rings is 1. The highest BCUT2D eigenvalue weighted by atomic mass is 32.2. The van der Waals surface area contributed by atoms with E-state index in [4.69, 9.17) is 4.74 Å². The highest BCUT2D eigenvalue weighted by molar-refractivity contribution is 7.97. The van der Waals surface area contributed by atoms with E-state index in [1.165, 1.54) is 0 Å². The highest BCUT2D eigenvalue weighted by Gasteiger charge is 2.02. The summed E-state index contributed by atoms with van der Waals surface area (Å²) in [5, 5.41) is 0. The first-order valence-corrected chi connectivity index (χ1v) is 7.06. The second kappa shape index (κ2) is 6.31. The fourth-order valence-electron chi connectivity index (χ4n) is 1.59. The van der Waals surface area contributed by atoms with Gasteiger partial charge in [0.15, 0.2) is 5.75 Å². The Balaban J connectivity index is 2.04. The first kappa shape index (κ1) is 12.8. The van der Waals surface area contributed by atoms with Gasteiger partial charge in [-0.3, -0.25) is 4.79 Å². The maximum Gasteiger partial charge on any atom is 0.223 e. The van der Waals surface area contributed by atoms with E-state index in [0.29, 0.717) is 12.4 Å². The van der Waals surface area contributed by atoms with Gasteiger partial charge in [-0.05, 0) is 11.8 Å². The van der Waals surface area contributed by atoms with E-state index in [1.807, 2.05) is 36.6 Å². The number of benzene rings is 1. The third-order valence-electron chi connectivity index (χ3n) is 2.47. The minimum atomic E-state index is -0.0752. The summed E-state index contributed by atoms with van der Waals surface area (Å²) < 4.78 is 5.51. The maximum absolute atomic E-state index is 11.8. The Morgan fingerprint density at radius 2 is 2.06 bits per heavy atom. The molecule has 0 atom stereocenters. The number of thioether (sulfide) groups is 1. The quantitative estimate of drug-likeness (QED) is 0.900. The molecule has 0 spiro atoms. The van der Waals surface area contributed by atoms with Crippen LogP contribution in [0.15, 0.2) is 47.4 Å². The zero-order valence-corrected chi connectivity index (χ0v) is 11.0. The summed E-state index contributed by atoms with van der Waals surface area (Å²) in [6, 6.07) is 11.4. The second-order valence-electron chi connectivity index (χ2n) is 3.89. The molecular formula is C14H15NO2S. The van der Waals surface area contributed by atoms with Gasteiger partial charge in [-0.1, -0.05) is 30.3 Å². The molecular weight excluding hydrogens is 246 g/mol. The van der Waals surface area contributed by atoms with E-state index in [2.05, 4.69) is 4.98 Å². The van der Waals surface area contributed by atoms with Crippen LogP contribution in [0.4, 0.5) is 0 Å². The van der Waals surface area contributed by atoms with Crippen LogP contribution < -0.4 is 10.2 Å². The average Bonchev–Trinajstić information content (AvgIpc) is 2.39. The molecule has 0 saturated heterocycles. The molecule has 1 N–H and O–H groups in total. The molecule has 3 nitrogen and oxygen atoms in total. The van der Waals surface area contributed by atoms with Gasteiger partial charge in [-0.15, -0.1) is 0 Å². The molecule has 0 radical (unpaired) electrons. The van der Waals surface area contributed by atoms with E-state index in [0.717, 1.165) is 17.0 Å². The average molecular weight is 261 g/mol. The van der Waals surface area contributed by atoms with Crippen molar-refractivity contribution < 1.29 is 4.74 Å². The van der Waals surface area contributed by atoms with Crippen LogP contribution in [0.3, 0.4) is 0 Å². The molecule has 0 unspecified atom stereocenters. The van der Waals surface area contributed by atoms with Crippen LogP contribution in [0.25, 0.3) is 0 Å². The summed E-state index contributed by atoms with van der Waals surface area (Å²) in [7, 11) is 0. The lowest BCUT2D eigenvalue weighted by molar-refractivity contribution is 0.302. The summed E-state index contributed by atoms with van der Waals surface area (Å²) in [6.07, 6.45) is 3.63. The molecule has 0 fully saturated rings. The minimum Gasteiger partial charge on any atom is -0.483 e. The second-order valence-corrected chi connectivity index (χ2v) is 4.76. The largest absolute Gasteiger partial charge is 0.483 e. The van der Waals surface area contributed by atoms with E-state index >= 15 is 0 Å². The smallest absolute Gasteiger partial charge is 0.223 e. The summed E-state index contributed by atoms with van der Waals surface area (Å²) >= 11 is 1.67. The van der Waals surface area contributed by atoms with Crippen LogP contribution in [0.2, 0.25) is 0 Å². The maximum atomic E-state index is 11.8. The summed E-state index contributed by atoms with van der Waals surface area (Å²) in [5.74, 6) is 1.16. The molecule has 2 rings (SSSR count). The summed E-state index contributed by atoms with van der Waals surface area (Å²) in [4.78, 5) is 14.9. The lowest BCUT2D eigenvalue weighted by Crippen LogP contribution is -2.09. The predicted molar refractivity (Wildman–Crippen MR) is 75.1 cm³/mol. The van der Waals surface area contributed by atoms with Gasteiger partial charge in [-0.2, -0.15) is 11.8 Å². The van der Waals surface area contributed by atoms with Gasteiger partial charge in [0.25, 0.3) is 0 Å². The highest BCUT2D eigenvalue weighted by Crippen LogP contribution is 2.09. The van der Waals surface area contributed by atoms with Gasteiger partial charge in [-0.25, -0.2) is 0 Å². The first-order chi connectivity index (χ1) is 8.79. The molecule has 0 amide bonds. The van der Waals surface area contributed by atoms with Crippen molar-refractivity contribution in [2.45, 2.75) is 12.4 Å². The minimum absolute atomic E-state index is 0.0752. The Labute approximate surface area is 110 Å². The van der Waals surface area contributed by atoms with Crippen LogP contribution in [-0.4, -0.2) is 11.2 Å². The van der Waals surface area contributed by atoms with Crippen LogP contribution in [0.1, 0.15) is 11.3 Å². The molecule has 0 saturated carbocycles. The van der Waals surface area contributed by atoms with Crippen molar-refractivity contribution >= 4 is 11.8 Å². The third kappa shape index (κ3) is 3.40. The van der Waals surface area contributed by atoms with Crippen LogP contribution >= 0.6 is 11.8 Å². The van der Waals surface area contributed by atoms with Crippen molar-refractivity contribution in [2.75, 3.05) is 6.26 Å². The number of nitrogens with one attached hydrogen (secondary N) is 1. The molecule has 18 heavy (non-hydrogen) atoms. The SMILES string of the molecule is CSCc1cc(=O)c(OCc2ccccc2)c[nH]1. The fourth-order valence-corrected chi connectivity index (χ4v) is 2.07. The molecule has 4 heteroatoms. The van der Waals surface area contributed by atoms with Gasteiger partial charge >= 0.3 is 0 Å². The Kier molecular flexibility index (Phi) is 4.47. The zero-order chi connectivity index (χ0) is 12.8. The molecule has 1 heterocycles. The Bertz CT molecular complexity index is 551. The first-order valence-electron chi connectivity index (χ1n) is 5.67. The van der Waals surface area contributed by atoms with Gasteiger partial charge in [0.05, 0.1) is 0 Å². The Morgan fingerprint density at radius 3 is 2.72 bits per heavy atom. The number of hydrogen-bond donors (Lipinski definition) is 1. The predicted octanol–water partition coefficient (Wildman–Crippen LogP) is 2.82. The molecule has 94 valence electrons. The normalized spacial score (nSPS) is 10.3. The van der Waals surface area contributed by atoms with E-state index < -0.39 is 0 Å². The van der Waals surface area contributed by atoms with Crippen LogP contribution in [0, 0.1) is 0 Å². The molecule has 1 aromatic heterocycles. The van der Waals surface area contributed by atoms with E-state index in [1.54, 1.807) is 24.0 Å². The third-order valence-corrected chi connectivity index (χ3v) is 3.07. The number of aromatic nitrogens is 1. The number of rotatable bonds is 5. The topological polar surface area (TPSA) is 42.1 Å². The van der Waals surface area contributed by atoms with E-state index in [9.17, 15) is 4.79 Å². The zero-order valence-electron chi connectivity index (χ0n) is 10.2. The van der Waals surface area contributed by atoms with Crippen molar-refractivity contribution in [3.63, 3.8) is 0 Å². The number of aromatic amines is 1. The van der Waals surface area contributed by atoms with E-state index in [-0.39, 0.29) is 5.43 Å². The van der Waals surface area contributed by atoms with Crippen LogP contribution in [0.5, 0.6) is 5.75 Å². The molecule has 0 aliphatic heterocycles.